The number of aliphatic hydroxyl groups excluding tert-OH is 1. The summed E-state index contributed by atoms with van der Waals surface area (Å²) < 4.78 is 0. The number of hydrogen-bond acceptors (Lipinski definition) is 3. The van der Waals surface area contributed by atoms with Gasteiger partial charge >= 0.3 is 0 Å². The first kappa shape index (κ1) is 14.1. The minimum atomic E-state index is -0.167. The Labute approximate surface area is 91.5 Å². The maximum Gasteiger partial charge on any atom is 0.249 e. The first-order chi connectivity index (χ1) is 7.08. The molecule has 0 aromatic rings. The number of allylic oxidation sites excluding steroid dienone is 1. The van der Waals surface area contributed by atoms with Gasteiger partial charge in [-0.1, -0.05) is 13.0 Å². The standard InChI is InChI=1S/C11H21NO3/c1-5-6-10(9(2)7-8-13)11(14)12(3)15-4/h5,9-10,13H,1,6-8H2,2-4H3/t9-,10+/m1/s1. The molecule has 0 aliphatic heterocycles. The van der Waals surface area contributed by atoms with Crippen LogP contribution in [0, 0.1) is 11.8 Å². The molecule has 4 heteroatoms. The van der Waals surface area contributed by atoms with Gasteiger partial charge in [-0.3, -0.25) is 9.63 Å². The van der Waals surface area contributed by atoms with E-state index < -0.39 is 0 Å². The second kappa shape index (κ2) is 7.43. The zero-order valence-corrected chi connectivity index (χ0v) is 9.77. The molecule has 15 heavy (non-hydrogen) atoms. The average Bonchev–Trinajstić information content (AvgIpc) is 2.24. The van der Waals surface area contributed by atoms with Gasteiger partial charge < -0.3 is 5.11 Å². The molecule has 4 nitrogen and oxygen atoms in total. The van der Waals surface area contributed by atoms with Gasteiger partial charge in [0.1, 0.15) is 0 Å². The van der Waals surface area contributed by atoms with Gasteiger partial charge in [0.05, 0.1) is 7.11 Å². The topological polar surface area (TPSA) is 49.8 Å². The molecule has 2 atom stereocenters. The molecule has 0 heterocycles. The molecule has 88 valence electrons. The van der Waals surface area contributed by atoms with Crippen LogP contribution in [0.15, 0.2) is 12.7 Å². The van der Waals surface area contributed by atoms with Crippen LogP contribution in [0.5, 0.6) is 0 Å². The molecule has 0 bridgehead atoms. The maximum absolute atomic E-state index is 11.9. The number of nitrogens with zero attached hydrogens (tertiary/aromatic N) is 1. The summed E-state index contributed by atoms with van der Waals surface area (Å²) in [7, 11) is 3.05. The first-order valence-corrected chi connectivity index (χ1v) is 5.11. The molecule has 0 spiro atoms. The zero-order valence-electron chi connectivity index (χ0n) is 9.77. The average molecular weight is 215 g/mol. The SMILES string of the molecule is C=CC[C@H](C(=O)N(C)OC)[C@H](C)CCO. The van der Waals surface area contributed by atoms with Crippen molar-refractivity contribution in [3.05, 3.63) is 12.7 Å². The summed E-state index contributed by atoms with van der Waals surface area (Å²) in [5.74, 6) is -0.115. The Balaban J connectivity index is 4.49. The highest BCUT2D eigenvalue weighted by Gasteiger charge is 2.26. The van der Waals surface area contributed by atoms with Gasteiger partial charge in [0.2, 0.25) is 5.91 Å². The molecule has 1 N–H and O–H groups in total. The fourth-order valence-electron chi connectivity index (χ4n) is 1.48. The third-order valence-electron chi connectivity index (χ3n) is 2.59. The minimum absolute atomic E-state index is 0.0710. The van der Waals surface area contributed by atoms with Crippen molar-refractivity contribution in [1.82, 2.24) is 5.06 Å². The van der Waals surface area contributed by atoms with Crippen LogP contribution in [0.4, 0.5) is 0 Å². The normalized spacial score (nSPS) is 14.4. The summed E-state index contributed by atoms with van der Waals surface area (Å²) >= 11 is 0. The fraction of sp³-hybridized carbons (Fsp3) is 0.727. The highest BCUT2D eigenvalue weighted by atomic mass is 16.7. The van der Waals surface area contributed by atoms with Crippen molar-refractivity contribution < 1.29 is 14.7 Å². The molecule has 0 aromatic heterocycles. The molecule has 0 aromatic carbocycles. The van der Waals surface area contributed by atoms with Crippen molar-refractivity contribution in [2.45, 2.75) is 19.8 Å². The van der Waals surface area contributed by atoms with Crippen LogP contribution < -0.4 is 0 Å². The number of amides is 1. The van der Waals surface area contributed by atoms with E-state index in [1.54, 1.807) is 13.1 Å². The van der Waals surface area contributed by atoms with Gasteiger partial charge in [-0.15, -0.1) is 6.58 Å². The Morgan fingerprint density at radius 2 is 2.27 bits per heavy atom. The van der Waals surface area contributed by atoms with Gasteiger partial charge in [0.15, 0.2) is 0 Å². The van der Waals surface area contributed by atoms with Crippen molar-refractivity contribution in [2.24, 2.45) is 11.8 Å². The molecule has 0 rings (SSSR count). The molecule has 0 saturated heterocycles. The predicted molar refractivity (Wildman–Crippen MR) is 58.9 cm³/mol. The van der Waals surface area contributed by atoms with E-state index in [0.29, 0.717) is 12.8 Å². The van der Waals surface area contributed by atoms with Gasteiger partial charge in [-0.25, -0.2) is 5.06 Å². The summed E-state index contributed by atoms with van der Waals surface area (Å²) in [6.45, 7) is 5.68. The van der Waals surface area contributed by atoms with Crippen molar-refractivity contribution in [1.29, 1.82) is 0 Å². The number of aliphatic hydroxyl groups is 1. The maximum atomic E-state index is 11.9. The van der Waals surface area contributed by atoms with Gasteiger partial charge in [0, 0.05) is 19.6 Å². The van der Waals surface area contributed by atoms with E-state index in [1.165, 1.54) is 12.2 Å². The Morgan fingerprint density at radius 1 is 1.67 bits per heavy atom. The lowest BCUT2D eigenvalue weighted by Crippen LogP contribution is -2.35. The highest BCUT2D eigenvalue weighted by molar-refractivity contribution is 5.78. The lowest BCUT2D eigenvalue weighted by Gasteiger charge is -2.25. The molecule has 0 saturated carbocycles. The van der Waals surface area contributed by atoms with E-state index >= 15 is 0 Å². The highest BCUT2D eigenvalue weighted by Crippen LogP contribution is 2.21. The third-order valence-corrected chi connectivity index (χ3v) is 2.59. The molecule has 0 radical (unpaired) electrons. The van der Waals surface area contributed by atoms with Crippen molar-refractivity contribution in [2.75, 3.05) is 20.8 Å². The summed E-state index contributed by atoms with van der Waals surface area (Å²) in [5.41, 5.74) is 0. The molecule has 0 fully saturated rings. The Morgan fingerprint density at radius 3 is 2.67 bits per heavy atom. The monoisotopic (exact) mass is 215 g/mol. The van der Waals surface area contributed by atoms with Crippen LogP contribution in [0.3, 0.4) is 0 Å². The van der Waals surface area contributed by atoms with Crippen LogP contribution in [-0.2, 0) is 9.63 Å². The zero-order chi connectivity index (χ0) is 11.8. The van der Waals surface area contributed by atoms with E-state index in [-0.39, 0.29) is 24.3 Å². The fourth-order valence-corrected chi connectivity index (χ4v) is 1.48. The van der Waals surface area contributed by atoms with Crippen molar-refractivity contribution >= 4 is 5.91 Å². The molecular formula is C11H21NO3. The van der Waals surface area contributed by atoms with Gasteiger partial charge in [-0.2, -0.15) is 0 Å². The Bertz CT molecular complexity index is 206. The van der Waals surface area contributed by atoms with Crippen LogP contribution >= 0.6 is 0 Å². The number of carbonyl (C=O) groups is 1. The summed E-state index contributed by atoms with van der Waals surface area (Å²) in [5, 5.41) is 10.1. The molecule has 0 aliphatic rings. The quantitative estimate of drug-likeness (QED) is 0.513. The molecule has 1 amide bonds. The lowest BCUT2D eigenvalue weighted by molar-refractivity contribution is -0.175. The first-order valence-electron chi connectivity index (χ1n) is 5.11. The van der Waals surface area contributed by atoms with Gasteiger partial charge in [-0.05, 0) is 18.8 Å². The Hall–Kier alpha value is -0.870. The smallest absolute Gasteiger partial charge is 0.249 e. The largest absolute Gasteiger partial charge is 0.396 e. The van der Waals surface area contributed by atoms with Crippen LogP contribution in [-0.4, -0.2) is 36.8 Å². The molecular weight excluding hydrogens is 194 g/mol. The molecule has 0 aliphatic carbocycles. The summed E-state index contributed by atoms with van der Waals surface area (Å²) in [6.07, 6.45) is 2.94. The van der Waals surface area contributed by atoms with E-state index in [4.69, 9.17) is 9.94 Å². The van der Waals surface area contributed by atoms with Gasteiger partial charge in [0.25, 0.3) is 0 Å². The second-order valence-electron chi connectivity index (χ2n) is 3.64. The minimum Gasteiger partial charge on any atom is -0.396 e. The number of carbonyl (C=O) groups excluding carboxylic acids is 1. The number of hydroxylamine groups is 2. The van der Waals surface area contributed by atoms with Crippen LogP contribution in [0.1, 0.15) is 19.8 Å². The van der Waals surface area contributed by atoms with E-state index in [9.17, 15) is 4.79 Å². The summed E-state index contributed by atoms with van der Waals surface area (Å²) in [6, 6.07) is 0. The lowest BCUT2D eigenvalue weighted by atomic mass is 9.88. The van der Waals surface area contributed by atoms with Crippen LogP contribution in [0.25, 0.3) is 0 Å². The third kappa shape index (κ3) is 4.44. The van der Waals surface area contributed by atoms with Crippen molar-refractivity contribution in [3.63, 3.8) is 0 Å². The predicted octanol–water partition coefficient (Wildman–Crippen LogP) is 1.22. The number of hydrogen-bond donors (Lipinski definition) is 1. The van der Waals surface area contributed by atoms with Crippen LogP contribution in [0.2, 0.25) is 0 Å². The molecule has 0 unspecified atom stereocenters. The number of rotatable bonds is 7. The van der Waals surface area contributed by atoms with E-state index in [0.717, 1.165) is 0 Å². The Kier molecular flexibility index (Phi) is 6.99. The second-order valence-corrected chi connectivity index (χ2v) is 3.64. The van der Waals surface area contributed by atoms with Crippen molar-refractivity contribution in [3.8, 4) is 0 Å². The van der Waals surface area contributed by atoms with E-state index in [2.05, 4.69) is 6.58 Å². The summed E-state index contributed by atoms with van der Waals surface area (Å²) in [4.78, 5) is 16.7. The van der Waals surface area contributed by atoms with E-state index in [1.807, 2.05) is 6.92 Å².